The molecule has 7 heteroatoms. The quantitative estimate of drug-likeness (QED) is 0.556. The lowest BCUT2D eigenvalue weighted by molar-refractivity contribution is -0.160. The van der Waals surface area contributed by atoms with E-state index in [0.717, 1.165) is 5.56 Å². The Hall–Kier alpha value is -2.87. The second-order valence-electron chi connectivity index (χ2n) is 6.90. The molecule has 1 aliphatic carbocycles. The number of nitrogens with zero attached hydrogens (tertiary/aromatic N) is 2. The summed E-state index contributed by atoms with van der Waals surface area (Å²) in [7, 11) is 1.57. The van der Waals surface area contributed by atoms with Gasteiger partial charge in [-0.2, -0.15) is 0 Å². The molecule has 0 bridgehead atoms. The monoisotopic (exact) mass is 385 g/mol. The fraction of sp³-hybridized carbons (Fsp3) is 0.476. The van der Waals surface area contributed by atoms with Crippen LogP contribution in [0.25, 0.3) is 9.69 Å². The van der Waals surface area contributed by atoms with Crippen LogP contribution in [0.4, 0.5) is 0 Å². The van der Waals surface area contributed by atoms with Crippen molar-refractivity contribution in [1.29, 1.82) is 0 Å². The molecule has 0 aromatic heterocycles. The Kier molecular flexibility index (Phi) is 7.17. The molecule has 7 nitrogen and oxygen atoms in total. The molecule has 1 aromatic rings. The van der Waals surface area contributed by atoms with E-state index in [9.17, 15) is 9.90 Å². The number of methoxy groups -OCH3 is 1. The van der Waals surface area contributed by atoms with Gasteiger partial charge in [-0.15, -0.1) is 0 Å². The van der Waals surface area contributed by atoms with Gasteiger partial charge in [0, 0.05) is 0 Å². The number of aliphatic hydroxyl groups excluding tert-OH is 2. The summed E-state index contributed by atoms with van der Waals surface area (Å²) >= 11 is 0. The van der Waals surface area contributed by atoms with Crippen molar-refractivity contribution in [2.24, 2.45) is 5.92 Å². The molecule has 0 saturated heterocycles. The van der Waals surface area contributed by atoms with E-state index in [1.807, 2.05) is 12.1 Å². The molecular formula is C21H25N2O5+. The Morgan fingerprint density at radius 2 is 2.07 bits per heavy atom. The molecule has 1 aliphatic rings. The van der Waals surface area contributed by atoms with Crippen LogP contribution in [-0.4, -0.2) is 47.6 Å². The van der Waals surface area contributed by atoms with Gasteiger partial charge in [0.1, 0.15) is 18.5 Å². The summed E-state index contributed by atoms with van der Waals surface area (Å²) in [5, 5.41) is 19.3. The fourth-order valence-electron chi connectivity index (χ4n) is 3.77. The van der Waals surface area contributed by atoms with E-state index in [4.69, 9.17) is 27.7 Å². The van der Waals surface area contributed by atoms with Gasteiger partial charge >= 0.3 is 17.2 Å². The zero-order chi connectivity index (χ0) is 20.7. The molecule has 0 amide bonds. The van der Waals surface area contributed by atoms with Crippen LogP contribution in [0.5, 0.6) is 5.75 Å². The van der Waals surface area contributed by atoms with Crippen LogP contribution in [0.3, 0.4) is 0 Å². The van der Waals surface area contributed by atoms with Gasteiger partial charge in [-0.25, -0.2) is 11.4 Å². The van der Waals surface area contributed by atoms with Gasteiger partial charge in [0.25, 0.3) is 6.57 Å². The van der Waals surface area contributed by atoms with Crippen LogP contribution >= 0.6 is 0 Å². The number of hydrogen-bond acceptors (Lipinski definition) is 5. The number of aliphatic hydroxyl groups is 2. The fourth-order valence-corrected chi connectivity index (χ4v) is 3.77. The molecule has 1 aromatic carbocycles. The summed E-state index contributed by atoms with van der Waals surface area (Å²) in [6.07, 6.45) is -0.0374. The maximum atomic E-state index is 11.7. The Labute approximate surface area is 164 Å². The van der Waals surface area contributed by atoms with Crippen molar-refractivity contribution in [2.45, 2.75) is 43.4 Å². The Bertz CT molecular complexity index is 792. The summed E-state index contributed by atoms with van der Waals surface area (Å²) in [5.74, 6) is -0.668. The topological polar surface area (TPSA) is 84.7 Å². The van der Waals surface area contributed by atoms with E-state index in [2.05, 4.69) is 16.3 Å². The second kappa shape index (κ2) is 9.36. The molecule has 0 radical (unpaired) electrons. The predicted octanol–water partition coefficient (Wildman–Crippen LogP) is 2.44. The molecule has 1 fully saturated rings. The van der Waals surface area contributed by atoms with E-state index in [1.54, 1.807) is 19.2 Å². The highest BCUT2D eigenvalue weighted by Gasteiger charge is 2.60. The third kappa shape index (κ3) is 4.51. The second-order valence-corrected chi connectivity index (χ2v) is 6.90. The summed E-state index contributed by atoms with van der Waals surface area (Å²) < 4.78 is 10.6. The van der Waals surface area contributed by atoms with Gasteiger partial charge < -0.3 is 19.7 Å². The smallest absolute Gasteiger partial charge is 0.394 e. The molecule has 2 N–H and O–H groups in total. The van der Waals surface area contributed by atoms with E-state index < -0.39 is 36.2 Å². The van der Waals surface area contributed by atoms with Gasteiger partial charge in [0.05, 0.1) is 25.6 Å². The minimum atomic E-state index is -1.30. The van der Waals surface area contributed by atoms with Crippen LogP contribution in [0.15, 0.2) is 36.5 Å². The van der Waals surface area contributed by atoms with Crippen molar-refractivity contribution in [2.75, 3.05) is 13.7 Å². The van der Waals surface area contributed by atoms with Crippen LogP contribution < -0.4 is 4.74 Å². The van der Waals surface area contributed by atoms with Crippen molar-refractivity contribution < 1.29 is 24.5 Å². The van der Waals surface area contributed by atoms with Crippen LogP contribution in [0.1, 0.15) is 24.8 Å². The highest BCUT2D eigenvalue weighted by Crippen LogP contribution is 2.44. The van der Waals surface area contributed by atoms with Gasteiger partial charge in [-0.1, -0.05) is 12.1 Å². The van der Waals surface area contributed by atoms with Gasteiger partial charge in [0.15, 0.2) is 0 Å². The Morgan fingerprint density at radius 1 is 1.39 bits per heavy atom. The first-order valence-corrected chi connectivity index (χ1v) is 9.00. The van der Waals surface area contributed by atoms with E-state index in [1.165, 1.54) is 0 Å². The number of rotatable bonds is 7. The highest BCUT2D eigenvalue weighted by atomic mass is 16.6. The van der Waals surface area contributed by atoms with Crippen molar-refractivity contribution in [3.8, 4) is 12.3 Å². The average molecular weight is 385 g/mol. The lowest BCUT2D eigenvalue weighted by atomic mass is 9.68. The molecule has 1 saturated carbocycles. The van der Waals surface area contributed by atoms with E-state index in [-0.39, 0.29) is 18.5 Å². The average Bonchev–Trinajstić information content (AvgIpc) is 2.73. The van der Waals surface area contributed by atoms with Crippen LogP contribution in [0.2, 0.25) is 0 Å². The largest absolute Gasteiger partial charge is 0.497 e. The lowest BCUT2D eigenvalue weighted by Gasteiger charge is -2.37. The number of benzene rings is 1. The van der Waals surface area contributed by atoms with Crippen molar-refractivity contribution >= 4 is 5.97 Å². The molecule has 0 heterocycles. The first-order chi connectivity index (χ1) is 13.4. The Morgan fingerprint density at radius 3 is 2.61 bits per heavy atom. The third-order valence-electron chi connectivity index (χ3n) is 5.27. The zero-order valence-electron chi connectivity index (χ0n) is 15.9. The molecule has 1 unspecified atom stereocenters. The van der Waals surface area contributed by atoms with E-state index >= 15 is 0 Å². The third-order valence-corrected chi connectivity index (χ3v) is 5.27. The molecule has 148 valence electrons. The number of carbonyl (C=O) groups excluding carboxylic acids is 1. The summed E-state index contributed by atoms with van der Waals surface area (Å²) in [6, 6.07) is 7.23. The standard InChI is InChI=1S/C21H25N2O5/c1-14(22-2)21(23-3,12-15-5-8-17(27-4)9-6-15)18-11-16(25)7-10-19(18)28-20(26)13-24/h2,5-6,8-9,16,18-19,24-25H,1,7,10-13H2,4H3/q+1/t16-,18-,19-,21?/m0/s1. The van der Waals surface area contributed by atoms with Gasteiger partial charge in [-0.05, 0) is 48.4 Å². The first kappa shape index (κ1) is 21.4. The normalized spacial score (nSPS) is 23.5. The lowest BCUT2D eigenvalue weighted by Crippen LogP contribution is -2.50. The molecule has 0 aliphatic heterocycles. The molecule has 4 atom stereocenters. The van der Waals surface area contributed by atoms with Crippen molar-refractivity contribution in [1.82, 2.24) is 0 Å². The SMILES string of the molecule is [C-]#[N+]C(Cc1ccc(OC)cc1)(C(=C)[N+]#C)[C@H]1C[C@@H](O)CC[C@@H]1OC(=O)CO. The summed E-state index contributed by atoms with van der Waals surface area (Å²) in [4.78, 5) is 19.2. The number of hydrogen-bond donors (Lipinski definition) is 2. The minimum Gasteiger partial charge on any atom is -0.497 e. The molecule has 2 rings (SSSR count). The van der Waals surface area contributed by atoms with Crippen LogP contribution in [-0.2, 0) is 16.0 Å². The number of esters is 1. The minimum absolute atomic E-state index is 0.155. The summed E-state index contributed by atoms with van der Waals surface area (Å²) in [6.45, 7) is 16.6. The predicted molar refractivity (Wildman–Crippen MR) is 104 cm³/mol. The molecule has 28 heavy (non-hydrogen) atoms. The maximum Gasteiger partial charge on any atom is 0.394 e. The number of ether oxygens (including phenoxy) is 2. The van der Waals surface area contributed by atoms with Crippen molar-refractivity contribution in [3.05, 3.63) is 58.4 Å². The molecular weight excluding hydrogens is 360 g/mol. The summed E-state index contributed by atoms with van der Waals surface area (Å²) in [5.41, 5.74) is -0.318. The maximum absolute atomic E-state index is 11.7. The molecule has 0 spiro atoms. The van der Waals surface area contributed by atoms with Gasteiger partial charge in [0.2, 0.25) is 0 Å². The van der Waals surface area contributed by atoms with Gasteiger partial charge in [-0.3, -0.25) is 4.85 Å². The van der Waals surface area contributed by atoms with Crippen LogP contribution in [0, 0.1) is 19.1 Å². The van der Waals surface area contributed by atoms with E-state index in [0.29, 0.717) is 18.6 Å². The number of carbonyl (C=O) groups is 1. The Balaban J connectivity index is 2.45. The van der Waals surface area contributed by atoms with Crippen molar-refractivity contribution in [3.63, 3.8) is 0 Å². The zero-order valence-corrected chi connectivity index (χ0v) is 15.9. The first-order valence-electron chi connectivity index (χ1n) is 9.00. The highest BCUT2D eigenvalue weighted by molar-refractivity contribution is 5.70.